The first-order chi connectivity index (χ1) is 17.9. The van der Waals surface area contributed by atoms with Gasteiger partial charge in [-0.15, -0.1) is 0 Å². The number of fused-ring (bicyclic) bond motifs is 10. The van der Waals surface area contributed by atoms with Gasteiger partial charge in [0.2, 0.25) is 0 Å². The van der Waals surface area contributed by atoms with Gasteiger partial charge in [0.05, 0.1) is 22.9 Å². The molecule has 0 saturated carbocycles. The van der Waals surface area contributed by atoms with Crippen molar-refractivity contribution in [2.45, 2.75) is 38.6 Å². The van der Waals surface area contributed by atoms with Gasteiger partial charge < -0.3 is 9.64 Å². The fourth-order valence-electron chi connectivity index (χ4n) is 6.33. The number of rotatable bonds is 4. The lowest BCUT2D eigenvalue weighted by molar-refractivity contribution is 0.0879. The lowest BCUT2D eigenvalue weighted by Crippen LogP contribution is -2.36. The van der Waals surface area contributed by atoms with Gasteiger partial charge in [-0.25, -0.2) is 9.97 Å². The number of nitrogens with one attached hydrogen (secondary N) is 1. The molecule has 2 aliphatic carbocycles. The summed E-state index contributed by atoms with van der Waals surface area (Å²) >= 11 is 0. The molecular weight excluding hydrogens is 468 g/mol. The molecule has 2 atom stereocenters. The zero-order valence-corrected chi connectivity index (χ0v) is 20.9. The first-order valence-electron chi connectivity index (χ1n) is 12.6. The Labute approximate surface area is 213 Å². The maximum atomic E-state index is 13.4. The Morgan fingerprint density at radius 1 is 1.11 bits per heavy atom. The quantitative estimate of drug-likeness (QED) is 0.555. The number of nitrogens with zero attached hydrogens (tertiary/aromatic N) is 5. The van der Waals surface area contributed by atoms with E-state index < -0.39 is 0 Å². The fraction of sp³-hybridized carbons (Fsp3) is 0.321. The average molecular weight is 495 g/mol. The largest absolute Gasteiger partial charge is 0.425 e. The second-order valence-electron chi connectivity index (χ2n) is 10.4. The van der Waals surface area contributed by atoms with Crippen LogP contribution in [-0.2, 0) is 19.9 Å². The molecule has 3 aromatic rings. The molecule has 2 aromatic heterocycles. The highest BCUT2D eigenvalue weighted by atomic mass is 16.5. The monoisotopic (exact) mass is 494 g/mol. The maximum absolute atomic E-state index is 13.4. The molecule has 2 unspecified atom stereocenters. The van der Waals surface area contributed by atoms with Crippen LogP contribution in [0.3, 0.4) is 0 Å². The second-order valence-corrected chi connectivity index (χ2v) is 10.4. The summed E-state index contributed by atoms with van der Waals surface area (Å²) in [5, 5.41) is 7.23. The SMILES string of the molecule is CC(C)CN1c2c3c(c4c(c2C2C=C(Oc5ncccn5)C=CC21)C(=O)NC4=O)-c1cn(C)nc1CC3. The van der Waals surface area contributed by atoms with Gasteiger partial charge in [-0.05, 0) is 48.1 Å². The van der Waals surface area contributed by atoms with E-state index in [-0.39, 0.29) is 29.8 Å². The summed E-state index contributed by atoms with van der Waals surface area (Å²) in [6.45, 7) is 5.23. The van der Waals surface area contributed by atoms with Gasteiger partial charge >= 0.3 is 6.01 Å². The predicted molar refractivity (Wildman–Crippen MR) is 136 cm³/mol. The molecule has 2 aliphatic heterocycles. The van der Waals surface area contributed by atoms with Crippen molar-refractivity contribution in [3.05, 3.63) is 76.6 Å². The molecule has 2 amide bonds. The van der Waals surface area contributed by atoms with Crippen molar-refractivity contribution in [2.24, 2.45) is 13.0 Å². The number of benzene rings is 1. The molecule has 37 heavy (non-hydrogen) atoms. The van der Waals surface area contributed by atoms with Crippen LogP contribution in [0, 0.1) is 5.92 Å². The molecule has 0 saturated heterocycles. The molecule has 9 heteroatoms. The molecule has 0 fully saturated rings. The fourth-order valence-corrected chi connectivity index (χ4v) is 6.33. The third-order valence-corrected chi connectivity index (χ3v) is 7.54. The van der Waals surface area contributed by atoms with Crippen LogP contribution in [0.5, 0.6) is 6.01 Å². The van der Waals surface area contributed by atoms with Crippen LogP contribution in [0.4, 0.5) is 5.69 Å². The van der Waals surface area contributed by atoms with Gasteiger partial charge in [0.1, 0.15) is 5.76 Å². The number of carbonyl (C=O) groups is 2. The van der Waals surface area contributed by atoms with E-state index in [1.165, 1.54) is 0 Å². The minimum atomic E-state index is -0.336. The number of anilines is 1. The summed E-state index contributed by atoms with van der Waals surface area (Å²) in [4.78, 5) is 37.4. The Hall–Kier alpha value is -4.27. The number of ether oxygens (including phenoxy) is 1. The van der Waals surface area contributed by atoms with Crippen molar-refractivity contribution < 1.29 is 14.3 Å². The van der Waals surface area contributed by atoms with Crippen LogP contribution in [0.2, 0.25) is 0 Å². The molecule has 7 rings (SSSR count). The molecule has 4 aliphatic rings. The molecule has 9 nitrogen and oxygen atoms in total. The Morgan fingerprint density at radius 2 is 1.89 bits per heavy atom. The van der Waals surface area contributed by atoms with Gasteiger partial charge in [0, 0.05) is 54.9 Å². The summed E-state index contributed by atoms with van der Waals surface area (Å²) in [5.74, 6) is 0.200. The number of carbonyl (C=O) groups excluding carboxylic acids is 2. The summed E-state index contributed by atoms with van der Waals surface area (Å²) in [5.41, 5.74) is 6.86. The van der Waals surface area contributed by atoms with E-state index in [2.05, 4.69) is 45.2 Å². The topological polar surface area (TPSA) is 102 Å². The van der Waals surface area contributed by atoms with Gasteiger partial charge in [-0.1, -0.05) is 19.9 Å². The van der Waals surface area contributed by atoms with Crippen LogP contribution >= 0.6 is 0 Å². The van der Waals surface area contributed by atoms with E-state index in [4.69, 9.17) is 4.74 Å². The van der Waals surface area contributed by atoms with Crippen LogP contribution in [-0.4, -0.2) is 44.1 Å². The molecular formula is C28H26N6O3. The Bertz CT molecular complexity index is 1550. The first-order valence-corrected chi connectivity index (χ1v) is 12.6. The summed E-state index contributed by atoms with van der Waals surface area (Å²) in [6, 6.07) is 2.01. The van der Waals surface area contributed by atoms with Crippen molar-refractivity contribution in [3.63, 3.8) is 0 Å². The molecule has 0 radical (unpaired) electrons. The Balaban J connectivity index is 1.47. The summed E-state index contributed by atoms with van der Waals surface area (Å²) in [7, 11) is 1.89. The number of aromatic nitrogens is 4. The number of aryl methyl sites for hydroxylation is 2. The number of hydrogen-bond acceptors (Lipinski definition) is 7. The van der Waals surface area contributed by atoms with E-state index in [1.807, 2.05) is 25.4 Å². The molecule has 1 aromatic carbocycles. The van der Waals surface area contributed by atoms with Gasteiger partial charge in [0.25, 0.3) is 11.8 Å². The Morgan fingerprint density at radius 3 is 2.68 bits per heavy atom. The average Bonchev–Trinajstić information content (AvgIpc) is 3.50. The van der Waals surface area contributed by atoms with Crippen molar-refractivity contribution in [1.82, 2.24) is 25.1 Å². The minimum absolute atomic E-state index is 0.0100. The van der Waals surface area contributed by atoms with E-state index in [0.717, 1.165) is 53.0 Å². The van der Waals surface area contributed by atoms with Crippen molar-refractivity contribution in [1.29, 1.82) is 0 Å². The zero-order valence-electron chi connectivity index (χ0n) is 20.9. The third-order valence-electron chi connectivity index (χ3n) is 7.54. The number of imide groups is 1. The molecule has 0 bridgehead atoms. The van der Waals surface area contributed by atoms with E-state index in [0.29, 0.717) is 22.8 Å². The normalized spacial score (nSPS) is 20.8. The van der Waals surface area contributed by atoms with Crippen molar-refractivity contribution >= 4 is 17.5 Å². The van der Waals surface area contributed by atoms with Crippen molar-refractivity contribution in [3.8, 4) is 17.1 Å². The highest BCUT2D eigenvalue weighted by Gasteiger charge is 2.48. The summed E-state index contributed by atoms with van der Waals surface area (Å²) in [6.07, 6.45) is 12.9. The highest BCUT2D eigenvalue weighted by molar-refractivity contribution is 6.26. The predicted octanol–water partition coefficient (Wildman–Crippen LogP) is 3.32. The van der Waals surface area contributed by atoms with Crippen molar-refractivity contribution in [2.75, 3.05) is 11.4 Å². The molecule has 186 valence electrons. The van der Waals surface area contributed by atoms with E-state index >= 15 is 0 Å². The zero-order chi connectivity index (χ0) is 25.4. The lowest BCUT2D eigenvalue weighted by atomic mass is 9.79. The number of amides is 2. The van der Waals surface area contributed by atoms with Crippen LogP contribution in [0.1, 0.15) is 57.3 Å². The third kappa shape index (κ3) is 3.19. The highest BCUT2D eigenvalue weighted by Crippen LogP contribution is 2.54. The standard InChI is InChI=1S/C28H26N6O3/c1-14(2)12-34-20-8-5-15(37-28-29-9-4-10-30-28)11-17(20)22-24-23(26(35)31-27(24)36)21-16(25(22)34)6-7-19-18(21)13-33(3)32-19/h4-5,8-11,13-14,17,20H,6-7,12H2,1-3H3,(H,31,35,36). The van der Waals surface area contributed by atoms with E-state index in [9.17, 15) is 9.59 Å². The summed E-state index contributed by atoms with van der Waals surface area (Å²) < 4.78 is 7.77. The minimum Gasteiger partial charge on any atom is -0.425 e. The maximum Gasteiger partial charge on any atom is 0.321 e. The Kier molecular flexibility index (Phi) is 4.67. The van der Waals surface area contributed by atoms with E-state index in [1.54, 1.807) is 23.1 Å². The molecule has 0 spiro atoms. The second kappa shape index (κ2) is 7.86. The number of hydrogen-bond donors (Lipinski definition) is 1. The van der Waals surface area contributed by atoms with Gasteiger partial charge in [0.15, 0.2) is 0 Å². The van der Waals surface area contributed by atoms with Crippen LogP contribution in [0.25, 0.3) is 11.1 Å². The smallest absolute Gasteiger partial charge is 0.321 e. The van der Waals surface area contributed by atoms with Crippen LogP contribution < -0.4 is 15.0 Å². The van der Waals surface area contributed by atoms with Gasteiger partial charge in [-0.2, -0.15) is 5.10 Å². The molecule has 4 heterocycles. The lowest BCUT2D eigenvalue weighted by Gasteiger charge is -2.32. The van der Waals surface area contributed by atoms with Crippen LogP contribution in [0.15, 0.2) is 48.6 Å². The van der Waals surface area contributed by atoms with Gasteiger partial charge in [-0.3, -0.25) is 19.6 Å². The number of allylic oxidation sites excluding steroid dienone is 1. The molecule has 1 N–H and O–H groups in total. The first kappa shape index (κ1) is 22.0.